The van der Waals surface area contributed by atoms with Gasteiger partial charge in [-0.15, -0.1) is 0 Å². The number of hydrogen-bond acceptors (Lipinski definition) is 2. The minimum absolute atomic E-state index is 0.0157. The summed E-state index contributed by atoms with van der Waals surface area (Å²) in [6, 6.07) is 13.0. The van der Waals surface area contributed by atoms with E-state index in [4.69, 9.17) is 0 Å². The molecule has 2 heteroatoms. The van der Waals surface area contributed by atoms with Crippen LogP contribution >= 0.6 is 0 Å². The molecule has 0 atom stereocenters. The van der Waals surface area contributed by atoms with Gasteiger partial charge >= 0.3 is 0 Å². The molecule has 2 aromatic rings. The van der Waals surface area contributed by atoms with Crippen molar-refractivity contribution in [3.8, 4) is 0 Å². The van der Waals surface area contributed by atoms with E-state index in [2.05, 4.69) is 6.92 Å². The molecule has 0 unspecified atom stereocenters. The second kappa shape index (κ2) is 13.4. The van der Waals surface area contributed by atoms with E-state index < -0.39 is 0 Å². The molecule has 0 bridgehead atoms. The molecule has 2 nitrogen and oxygen atoms in total. The Kier molecular flexibility index (Phi) is 10.2. The molecule has 0 aliphatic heterocycles. The molecule has 32 heavy (non-hydrogen) atoms. The van der Waals surface area contributed by atoms with Crippen LogP contribution in [-0.4, -0.2) is 11.6 Å². The molecule has 172 valence electrons. The smallest absolute Gasteiger partial charge is 0.194 e. The predicted molar refractivity (Wildman–Crippen MR) is 134 cm³/mol. The summed E-state index contributed by atoms with van der Waals surface area (Å²) < 4.78 is 0. The van der Waals surface area contributed by atoms with Gasteiger partial charge in [-0.1, -0.05) is 127 Å². The highest BCUT2D eigenvalue weighted by Crippen LogP contribution is 2.28. The summed E-state index contributed by atoms with van der Waals surface area (Å²) in [5.41, 5.74) is 3.38. The third-order valence-corrected chi connectivity index (χ3v) is 6.81. The zero-order valence-electron chi connectivity index (χ0n) is 20.0. The Hall–Kier alpha value is -2.22. The van der Waals surface area contributed by atoms with Gasteiger partial charge in [0.05, 0.1) is 0 Å². The van der Waals surface area contributed by atoms with E-state index in [0.717, 1.165) is 12.8 Å². The molecular formula is C30H40O2. The molecule has 0 heterocycles. The van der Waals surface area contributed by atoms with Gasteiger partial charge in [0, 0.05) is 22.3 Å². The Labute approximate surface area is 194 Å². The van der Waals surface area contributed by atoms with Crippen LogP contribution in [0.3, 0.4) is 0 Å². The minimum atomic E-state index is -0.0294. The molecule has 1 aliphatic carbocycles. The number of aryl methyl sites for hydroxylation is 1. The summed E-state index contributed by atoms with van der Waals surface area (Å²) >= 11 is 0. The average Bonchev–Trinajstić information content (AvgIpc) is 2.82. The minimum Gasteiger partial charge on any atom is -0.289 e. The molecule has 2 aromatic carbocycles. The fraction of sp³-hybridized carbons (Fsp3) is 0.533. The Balaban J connectivity index is 1.29. The molecule has 0 saturated carbocycles. The second-order valence-electron chi connectivity index (χ2n) is 9.43. The third-order valence-electron chi connectivity index (χ3n) is 6.81. The summed E-state index contributed by atoms with van der Waals surface area (Å²) in [6.45, 7) is 2.28. The van der Waals surface area contributed by atoms with Crippen molar-refractivity contribution in [3.63, 3.8) is 0 Å². The van der Waals surface area contributed by atoms with Crippen LogP contribution in [0.2, 0.25) is 0 Å². The van der Waals surface area contributed by atoms with Gasteiger partial charge in [-0.25, -0.2) is 0 Å². The Morgan fingerprint density at radius 2 is 0.938 bits per heavy atom. The van der Waals surface area contributed by atoms with Crippen molar-refractivity contribution < 1.29 is 9.59 Å². The highest BCUT2D eigenvalue weighted by Gasteiger charge is 2.29. The van der Waals surface area contributed by atoms with E-state index in [0.29, 0.717) is 22.3 Å². The lowest BCUT2D eigenvalue weighted by molar-refractivity contribution is 0.0979. The van der Waals surface area contributed by atoms with Crippen molar-refractivity contribution in [3.05, 3.63) is 70.3 Å². The Morgan fingerprint density at radius 3 is 1.47 bits per heavy atom. The topological polar surface area (TPSA) is 34.1 Å². The van der Waals surface area contributed by atoms with Crippen LogP contribution in [-0.2, 0) is 6.42 Å². The molecule has 0 radical (unpaired) electrons. The van der Waals surface area contributed by atoms with Crippen molar-refractivity contribution in [2.45, 2.75) is 103 Å². The van der Waals surface area contributed by atoms with Crippen molar-refractivity contribution >= 4 is 11.6 Å². The molecule has 0 spiro atoms. The van der Waals surface area contributed by atoms with Crippen molar-refractivity contribution in [1.82, 2.24) is 0 Å². The lowest BCUT2D eigenvalue weighted by Crippen LogP contribution is -2.20. The summed E-state index contributed by atoms with van der Waals surface area (Å²) in [5, 5.41) is 0. The highest BCUT2D eigenvalue weighted by molar-refractivity contribution is 6.28. The van der Waals surface area contributed by atoms with Crippen LogP contribution in [0.15, 0.2) is 42.5 Å². The largest absolute Gasteiger partial charge is 0.289 e. The first-order valence-corrected chi connectivity index (χ1v) is 13.0. The maximum Gasteiger partial charge on any atom is 0.194 e. The van der Waals surface area contributed by atoms with E-state index >= 15 is 0 Å². The van der Waals surface area contributed by atoms with Crippen LogP contribution in [0, 0.1) is 0 Å². The van der Waals surface area contributed by atoms with Gasteiger partial charge in [0.15, 0.2) is 11.6 Å². The monoisotopic (exact) mass is 432 g/mol. The van der Waals surface area contributed by atoms with Crippen molar-refractivity contribution in [2.75, 3.05) is 0 Å². The standard InChI is InChI=1S/C30H40O2/c1-2-3-4-5-6-7-8-9-10-11-12-13-14-15-18-24-21-22-27-28(23-24)30(32)26-20-17-16-19-25(26)29(27)31/h16-17,19-23H,2-15,18H2,1H3. The predicted octanol–water partition coefficient (Wildman–Crippen LogP) is 8.49. The van der Waals surface area contributed by atoms with Crippen LogP contribution in [0.5, 0.6) is 0 Å². The second-order valence-corrected chi connectivity index (χ2v) is 9.43. The van der Waals surface area contributed by atoms with Crippen LogP contribution in [0.4, 0.5) is 0 Å². The van der Waals surface area contributed by atoms with Crippen LogP contribution in [0.1, 0.15) is 134 Å². The summed E-state index contributed by atoms with van der Waals surface area (Å²) in [6.07, 6.45) is 20.0. The molecule has 0 amide bonds. The Morgan fingerprint density at radius 1 is 0.500 bits per heavy atom. The number of carbonyl (C=O) groups excluding carboxylic acids is 2. The Bertz CT molecular complexity index is 880. The van der Waals surface area contributed by atoms with E-state index in [-0.39, 0.29) is 11.6 Å². The van der Waals surface area contributed by atoms with Gasteiger partial charge in [0.25, 0.3) is 0 Å². The van der Waals surface area contributed by atoms with E-state index in [1.54, 1.807) is 12.1 Å². The summed E-state index contributed by atoms with van der Waals surface area (Å²) in [7, 11) is 0. The third kappa shape index (κ3) is 6.89. The first-order valence-electron chi connectivity index (χ1n) is 13.0. The summed E-state index contributed by atoms with van der Waals surface area (Å²) in [5.74, 6) is -0.0451. The number of carbonyl (C=O) groups is 2. The SMILES string of the molecule is CCCCCCCCCCCCCCCCc1ccc2c(c1)C(=O)c1ccccc1C2=O. The molecular weight excluding hydrogens is 392 g/mol. The molecule has 0 N–H and O–H groups in total. The quantitative estimate of drug-likeness (QED) is 0.226. The fourth-order valence-electron chi connectivity index (χ4n) is 4.83. The van der Waals surface area contributed by atoms with E-state index in [1.807, 2.05) is 30.3 Å². The number of rotatable bonds is 15. The van der Waals surface area contributed by atoms with Gasteiger partial charge in [-0.3, -0.25) is 9.59 Å². The number of ketones is 2. The van der Waals surface area contributed by atoms with Gasteiger partial charge in [0.1, 0.15) is 0 Å². The van der Waals surface area contributed by atoms with E-state index in [9.17, 15) is 9.59 Å². The lowest BCUT2D eigenvalue weighted by Gasteiger charge is -2.18. The van der Waals surface area contributed by atoms with Gasteiger partial charge < -0.3 is 0 Å². The first kappa shape index (κ1) is 24.4. The zero-order valence-corrected chi connectivity index (χ0v) is 20.0. The fourth-order valence-corrected chi connectivity index (χ4v) is 4.83. The number of fused-ring (bicyclic) bond motifs is 2. The molecule has 0 fully saturated rings. The molecule has 0 aromatic heterocycles. The first-order chi connectivity index (χ1) is 15.7. The number of unbranched alkanes of at least 4 members (excludes halogenated alkanes) is 13. The number of hydrogen-bond donors (Lipinski definition) is 0. The van der Waals surface area contributed by atoms with Crippen LogP contribution < -0.4 is 0 Å². The highest BCUT2D eigenvalue weighted by atomic mass is 16.1. The molecule has 1 aliphatic rings. The molecule has 3 rings (SSSR count). The maximum absolute atomic E-state index is 12.9. The van der Waals surface area contributed by atoms with Crippen LogP contribution in [0.25, 0.3) is 0 Å². The summed E-state index contributed by atoms with van der Waals surface area (Å²) in [4.78, 5) is 25.6. The average molecular weight is 433 g/mol. The molecule has 0 saturated heterocycles. The normalized spacial score (nSPS) is 12.7. The maximum atomic E-state index is 12.9. The van der Waals surface area contributed by atoms with Gasteiger partial charge in [-0.2, -0.15) is 0 Å². The number of benzene rings is 2. The van der Waals surface area contributed by atoms with Gasteiger partial charge in [-0.05, 0) is 24.5 Å². The lowest BCUT2D eigenvalue weighted by atomic mass is 9.83. The van der Waals surface area contributed by atoms with Gasteiger partial charge in [0.2, 0.25) is 0 Å². The zero-order chi connectivity index (χ0) is 22.6. The van der Waals surface area contributed by atoms with E-state index in [1.165, 1.54) is 89.0 Å². The van der Waals surface area contributed by atoms with Crippen molar-refractivity contribution in [2.24, 2.45) is 0 Å². The van der Waals surface area contributed by atoms with Crippen molar-refractivity contribution in [1.29, 1.82) is 0 Å².